The minimum absolute atomic E-state index is 0.0353. The molecule has 18 unspecified atom stereocenters. The van der Waals surface area contributed by atoms with Crippen molar-refractivity contribution in [1.82, 2.24) is 42.5 Å². The maximum absolute atomic E-state index is 13.8. The highest BCUT2D eigenvalue weighted by Crippen LogP contribution is 2.50. The van der Waals surface area contributed by atoms with Crippen LogP contribution < -0.4 is 47.4 Å². The fraction of sp³-hybridized carbons (Fsp3) is 0.886. The van der Waals surface area contributed by atoms with Crippen LogP contribution in [-0.4, -0.2) is 414 Å². The zero-order valence-corrected chi connectivity index (χ0v) is 68.0. The van der Waals surface area contributed by atoms with Crippen molar-refractivity contribution in [2.45, 2.75) is 189 Å². The second-order valence-corrected chi connectivity index (χ2v) is 30.1. The minimum Gasteiger partial charge on any atom is -0.778 e. The molecule has 3 rings (SSSR count). The first kappa shape index (κ1) is 105. The molecule has 0 aromatic rings. The van der Waals surface area contributed by atoms with Crippen LogP contribution in [0.1, 0.15) is 80.1 Å². The topological polar surface area (TPSA) is 621 Å². The predicted octanol–water partition coefficient (Wildman–Crippen LogP) is -8.92. The molecule has 0 bridgehead atoms. The molecule has 0 aromatic carbocycles. The number of amides is 8. The van der Waals surface area contributed by atoms with E-state index < -0.39 is 190 Å². The first-order valence-corrected chi connectivity index (χ1v) is 40.3. The van der Waals surface area contributed by atoms with Gasteiger partial charge in [-0.25, -0.2) is 0 Å². The molecule has 8 amide bonds. The van der Waals surface area contributed by atoms with Gasteiger partial charge in [0.15, 0.2) is 18.9 Å². The summed E-state index contributed by atoms with van der Waals surface area (Å²) in [5.74, 6) is -5.04. The van der Waals surface area contributed by atoms with Crippen LogP contribution in [0, 0.1) is 0 Å². The van der Waals surface area contributed by atoms with Crippen LogP contribution in [0.5, 0.6) is 0 Å². The van der Waals surface area contributed by atoms with Crippen molar-refractivity contribution < 1.29 is 179 Å². The molecule has 3 heterocycles. The van der Waals surface area contributed by atoms with Gasteiger partial charge in [-0.05, 0) is 19.3 Å². The van der Waals surface area contributed by atoms with E-state index in [1.54, 1.807) is 20.8 Å². The molecule has 0 saturated carbocycles. The van der Waals surface area contributed by atoms with Crippen LogP contribution in [0.3, 0.4) is 0 Å². The molecule has 18 atom stereocenters. The van der Waals surface area contributed by atoms with E-state index in [9.17, 15) is 93.8 Å². The van der Waals surface area contributed by atoms with Gasteiger partial charge >= 0.3 is 0 Å². The Morgan fingerprint density at radius 2 is 0.638 bits per heavy atom. The Labute approximate surface area is 674 Å². The molecule has 45 nitrogen and oxygen atoms in total. The molecule has 0 radical (unpaired) electrons. The Bertz CT molecular complexity index is 2780. The number of aliphatic hydroxyl groups excluding tert-OH is 9. The van der Waals surface area contributed by atoms with E-state index in [2.05, 4.69) is 42.5 Å². The highest BCUT2D eigenvalue weighted by Gasteiger charge is 2.48. The van der Waals surface area contributed by atoms with Crippen LogP contribution >= 0.6 is 7.60 Å². The molecule has 46 heteroatoms. The summed E-state index contributed by atoms with van der Waals surface area (Å²) >= 11 is 0. The van der Waals surface area contributed by atoms with Gasteiger partial charge < -0.3 is 183 Å². The number of aliphatic hydroxyl groups is 9. The highest BCUT2D eigenvalue weighted by molar-refractivity contribution is 7.53. The summed E-state index contributed by atoms with van der Waals surface area (Å²) in [4.78, 5) is 115. The van der Waals surface area contributed by atoms with Gasteiger partial charge in [0.1, 0.15) is 92.7 Å². The van der Waals surface area contributed by atoms with E-state index in [1.165, 1.54) is 20.8 Å². The Balaban J connectivity index is 1.51. The van der Waals surface area contributed by atoms with Gasteiger partial charge in [0.2, 0.25) is 47.3 Å². The zero-order chi connectivity index (χ0) is 85.7. The molecule has 116 heavy (non-hydrogen) atoms. The van der Waals surface area contributed by atoms with E-state index in [4.69, 9.17) is 85.1 Å². The average molecular weight is 1700 g/mol. The Hall–Kier alpha value is -5.13. The lowest BCUT2D eigenvalue weighted by atomic mass is 9.97. The minimum atomic E-state index is -3.98. The summed E-state index contributed by atoms with van der Waals surface area (Å²) in [5, 5.41) is 111. The molecule has 0 aliphatic carbocycles. The normalized spacial score (nSPS) is 24.6. The molecule has 0 spiro atoms. The SMILES string of the molecule is CC(=O)NC1C(OCCOCCNC(=O)CCC(NC(=O)CCC(NC(=O)CCCOCCOCCOCCOCCOCCOCCOCCOCCOP(=O)([O-])C(C)(C)C)C(=O)NCCOCCOC2OC(CO)C(O)C(O)C2NC(C)=O)C(=O)NCCOCCOC2OC(CO)C(O)C(O)C2NC(C)=O)OC(CO)C(O)C1O. The van der Waals surface area contributed by atoms with Crippen LogP contribution in [0.2, 0.25) is 0 Å². The van der Waals surface area contributed by atoms with Crippen molar-refractivity contribution in [3.8, 4) is 0 Å². The summed E-state index contributed by atoms with van der Waals surface area (Å²) in [6.07, 6.45) is -18.0. The summed E-state index contributed by atoms with van der Waals surface area (Å²) in [6, 6.07) is -6.28. The molecule has 3 aliphatic heterocycles. The molecule has 0 aromatic heterocycles. The lowest BCUT2D eigenvalue weighted by molar-refractivity contribution is -0.272. The third-order valence-corrected chi connectivity index (χ3v) is 19.3. The van der Waals surface area contributed by atoms with Gasteiger partial charge in [0.25, 0.3) is 0 Å². The number of carbonyl (C=O) groups excluding carboxylic acids is 8. The number of hydrogen-bond donors (Lipinski definition) is 17. The smallest absolute Gasteiger partial charge is 0.242 e. The van der Waals surface area contributed by atoms with Crippen LogP contribution in [-0.2, 0) is 128 Å². The first-order valence-electron chi connectivity index (χ1n) is 38.7. The summed E-state index contributed by atoms with van der Waals surface area (Å²) in [5.41, 5.74) is 0. The average Bonchev–Trinajstić information content (AvgIpc) is 0.818. The molecule has 676 valence electrons. The number of ether oxygens (including phenoxy) is 17. The lowest BCUT2D eigenvalue weighted by Crippen LogP contribution is -2.64. The second kappa shape index (κ2) is 61.2. The Morgan fingerprint density at radius 3 is 0.940 bits per heavy atom. The first-order chi connectivity index (χ1) is 55.5. The third kappa shape index (κ3) is 43.9. The van der Waals surface area contributed by atoms with Crippen molar-refractivity contribution in [3.63, 3.8) is 0 Å². The largest absolute Gasteiger partial charge is 0.778 e. The van der Waals surface area contributed by atoms with Gasteiger partial charge in [-0.2, -0.15) is 0 Å². The quantitative estimate of drug-likeness (QED) is 0.0199. The monoisotopic (exact) mass is 1700 g/mol. The van der Waals surface area contributed by atoms with Crippen LogP contribution in [0.25, 0.3) is 0 Å². The standard InChI is InChI=1S/C70H129N8O37P/c1-45(82)74-56-62(91)59(88)50(42-79)113-67(56)109-38-34-99-17-13-71-53(85)11-9-48(65(94)72-14-18-100-35-39-110-68-57(75-46(2)83)63(92)60(89)51(43-80)114-68)78-55(87)12-10-49(66(95)73-15-19-101-36-40-111-69-58(76-47(3)84)64(93)61(90)52(44-81)115-69)77-54(86)8-7-16-98-20-21-102-22-23-103-24-25-104-26-27-105-28-29-106-30-31-107-32-33-108-37-41-112-116(96,97)70(4,5)6/h48-52,56-64,67-69,79-81,88-93H,7-44H2,1-6H3,(H,71,85)(H,72,94)(H,73,95)(H,74,82)(H,75,83)(H,76,84)(H,77,86)(H,78,87)(H,96,97)/p-1. The van der Waals surface area contributed by atoms with Crippen LogP contribution in [0.15, 0.2) is 0 Å². The third-order valence-electron chi connectivity index (χ3n) is 17.2. The van der Waals surface area contributed by atoms with E-state index in [0.29, 0.717) is 66.1 Å². The Kier molecular flexibility index (Phi) is 55.4. The van der Waals surface area contributed by atoms with E-state index in [-0.39, 0.29) is 157 Å². The zero-order valence-electron chi connectivity index (χ0n) is 67.1. The van der Waals surface area contributed by atoms with Gasteiger partial charge in [0, 0.05) is 71.4 Å². The van der Waals surface area contributed by atoms with E-state index >= 15 is 0 Å². The van der Waals surface area contributed by atoms with Gasteiger partial charge in [0.05, 0.1) is 185 Å². The summed E-state index contributed by atoms with van der Waals surface area (Å²) < 4.78 is 111. The number of hydrogen-bond acceptors (Lipinski definition) is 37. The highest BCUT2D eigenvalue weighted by atomic mass is 31.2. The van der Waals surface area contributed by atoms with Gasteiger partial charge in [-0.3, -0.25) is 38.4 Å². The molecular weight excluding hydrogens is 1580 g/mol. The molecule has 3 aliphatic rings. The summed E-state index contributed by atoms with van der Waals surface area (Å²) in [6.45, 7) is 9.46. The number of carbonyl (C=O) groups is 8. The summed E-state index contributed by atoms with van der Waals surface area (Å²) in [7, 11) is -3.98. The molecule has 3 fully saturated rings. The van der Waals surface area contributed by atoms with Gasteiger partial charge in [-0.15, -0.1) is 0 Å². The van der Waals surface area contributed by atoms with E-state index in [0.717, 1.165) is 0 Å². The molecule has 17 N–H and O–H groups in total. The fourth-order valence-corrected chi connectivity index (χ4v) is 11.6. The van der Waals surface area contributed by atoms with Crippen LogP contribution in [0.4, 0.5) is 0 Å². The fourth-order valence-electron chi connectivity index (χ4n) is 10.9. The molecular formula is C70H128N8O37P-. The predicted molar refractivity (Wildman–Crippen MR) is 397 cm³/mol. The number of rotatable bonds is 66. The maximum atomic E-state index is 13.8. The Morgan fingerprint density at radius 1 is 0.371 bits per heavy atom. The molecule has 3 saturated heterocycles. The van der Waals surface area contributed by atoms with Crippen molar-refractivity contribution in [2.24, 2.45) is 0 Å². The van der Waals surface area contributed by atoms with Gasteiger partial charge in [-0.1, -0.05) is 20.8 Å². The second-order valence-electron chi connectivity index (χ2n) is 27.5. The van der Waals surface area contributed by atoms with Crippen molar-refractivity contribution >= 4 is 54.9 Å². The van der Waals surface area contributed by atoms with Crippen molar-refractivity contribution in [3.05, 3.63) is 0 Å². The maximum Gasteiger partial charge on any atom is 0.242 e. The van der Waals surface area contributed by atoms with Crippen molar-refractivity contribution in [1.29, 1.82) is 0 Å². The lowest BCUT2D eigenvalue weighted by Gasteiger charge is -2.42. The van der Waals surface area contributed by atoms with Crippen molar-refractivity contribution in [2.75, 3.05) is 211 Å². The van der Waals surface area contributed by atoms with E-state index in [1.807, 2.05) is 0 Å². The number of nitrogens with one attached hydrogen (secondary N) is 8.